The van der Waals surface area contributed by atoms with Gasteiger partial charge in [0.15, 0.2) is 0 Å². The van der Waals surface area contributed by atoms with Crippen molar-refractivity contribution in [2.45, 2.75) is 46.2 Å². The minimum atomic E-state index is -2.24. The van der Waals surface area contributed by atoms with Gasteiger partial charge in [-0.15, -0.1) is 0 Å². The first-order valence-corrected chi connectivity index (χ1v) is 7.01. The number of hydrogen-bond acceptors (Lipinski definition) is 3. The van der Waals surface area contributed by atoms with Gasteiger partial charge in [0.25, 0.3) is 6.17 Å². The Hall–Kier alpha value is -1.71. The van der Waals surface area contributed by atoms with Crippen LogP contribution in [0.5, 0.6) is 0 Å². The minimum Gasteiger partial charge on any atom is -0.463 e. The van der Waals surface area contributed by atoms with Crippen LogP contribution in [-0.4, -0.2) is 24.5 Å². The van der Waals surface area contributed by atoms with Crippen LogP contribution in [0.4, 0.5) is 4.39 Å². The zero-order valence-corrected chi connectivity index (χ0v) is 12.2. The number of hydrogen-bond donors (Lipinski definition) is 0. The smallest absolute Gasteiger partial charge is 0.349 e. The van der Waals surface area contributed by atoms with Crippen LogP contribution >= 0.6 is 0 Å². The number of carbonyl (C=O) groups excluding carboxylic acids is 2. The zero-order valence-electron chi connectivity index (χ0n) is 12.2. The fraction of sp³-hybridized carbons (Fsp3) is 0.500. The lowest BCUT2D eigenvalue weighted by atomic mass is 9.97. The van der Waals surface area contributed by atoms with Crippen molar-refractivity contribution >= 4 is 11.8 Å². The van der Waals surface area contributed by atoms with E-state index in [4.69, 9.17) is 0 Å². The first-order valence-electron chi connectivity index (χ1n) is 7.01. The summed E-state index contributed by atoms with van der Waals surface area (Å²) in [5, 5.41) is 0. The van der Waals surface area contributed by atoms with E-state index in [1.807, 2.05) is 19.9 Å². The molecule has 4 heteroatoms. The molecule has 0 fully saturated rings. The van der Waals surface area contributed by atoms with Gasteiger partial charge in [0, 0.05) is 5.56 Å². The molecule has 1 aromatic carbocycles. The number of rotatable bonds is 7. The van der Waals surface area contributed by atoms with E-state index in [1.54, 1.807) is 19.1 Å². The fourth-order valence-corrected chi connectivity index (χ4v) is 1.98. The van der Waals surface area contributed by atoms with Crippen LogP contribution in [-0.2, 0) is 22.4 Å². The molecule has 0 saturated heterocycles. The van der Waals surface area contributed by atoms with Gasteiger partial charge >= 0.3 is 5.97 Å². The molecule has 0 radical (unpaired) electrons. The van der Waals surface area contributed by atoms with E-state index in [2.05, 4.69) is 4.74 Å². The summed E-state index contributed by atoms with van der Waals surface area (Å²) in [5.74, 6) is -1.93. The number of alkyl halides is 1. The quantitative estimate of drug-likeness (QED) is 0.437. The third-order valence-electron chi connectivity index (χ3n) is 3.14. The maximum absolute atomic E-state index is 13.8. The summed E-state index contributed by atoms with van der Waals surface area (Å²) in [7, 11) is 0. The Labute approximate surface area is 119 Å². The normalized spacial score (nSPS) is 12.0. The molecule has 0 aliphatic heterocycles. The SMILES string of the molecule is CCCOC(=O)C(F)C(=O)c1ccc(CC)c(CC)c1. The standard InChI is InChI=1S/C16H21FO3/c1-4-9-20-16(19)14(17)15(18)13-8-7-11(5-2)12(6-3)10-13/h7-8,10,14H,4-6,9H2,1-3H3. The number of carbonyl (C=O) groups is 2. The van der Waals surface area contributed by atoms with Crippen LogP contribution in [0.2, 0.25) is 0 Å². The molecule has 1 unspecified atom stereocenters. The average molecular weight is 280 g/mol. The third kappa shape index (κ3) is 3.89. The largest absolute Gasteiger partial charge is 0.463 e. The molecular weight excluding hydrogens is 259 g/mol. The highest BCUT2D eigenvalue weighted by Gasteiger charge is 2.28. The highest BCUT2D eigenvalue weighted by Crippen LogP contribution is 2.16. The molecule has 20 heavy (non-hydrogen) atoms. The van der Waals surface area contributed by atoms with E-state index in [1.165, 1.54) is 0 Å². The Balaban J connectivity index is 2.88. The van der Waals surface area contributed by atoms with Crippen molar-refractivity contribution in [3.05, 3.63) is 34.9 Å². The molecule has 0 heterocycles. The third-order valence-corrected chi connectivity index (χ3v) is 3.14. The Morgan fingerprint density at radius 3 is 2.35 bits per heavy atom. The Morgan fingerprint density at radius 1 is 1.15 bits per heavy atom. The van der Waals surface area contributed by atoms with Crippen LogP contribution in [0.25, 0.3) is 0 Å². The monoisotopic (exact) mass is 280 g/mol. The number of halogens is 1. The summed E-state index contributed by atoms with van der Waals surface area (Å²) < 4.78 is 18.5. The average Bonchev–Trinajstić information content (AvgIpc) is 2.50. The second kappa shape index (κ2) is 7.78. The van der Waals surface area contributed by atoms with Crippen LogP contribution in [0, 0.1) is 0 Å². The number of Topliss-reactive ketones (excluding diaryl/α,β-unsaturated/α-hetero) is 1. The first-order chi connectivity index (χ1) is 9.54. The van der Waals surface area contributed by atoms with E-state index < -0.39 is 17.9 Å². The maximum atomic E-state index is 13.8. The fourth-order valence-electron chi connectivity index (χ4n) is 1.98. The molecule has 0 saturated carbocycles. The van der Waals surface area contributed by atoms with Gasteiger partial charge in [-0.05, 0) is 36.5 Å². The van der Waals surface area contributed by atoms with Gasteiger partial charge in [-0.3, -0.25) is 4.79 Å². The van der Waals surface area contributed by atoms with Crippen molar-refractivity contribution in [1.82, 2.24) is 0 Å². The summed E-state index contributed by atoms with van der Waals surface area (Å²) in [6.07, 6.45) is -0.0204. The summed E-state index contributed by atoms with van der Waals surface area (Å²) in [6.45, 7) is 5.93. The molecule has 0 N–H and O–H groups in total. The number of aryl methyl sites for hydroxylation is 2. The highest BCUT2D eigenvalue weighted by molar-refractivity contribution is 6.11. The molecule has 1 aromatic rings. The van der Waals surface area contributed by atoms with Crippen molar-refractivity contribution in [3.63, 3.8) is 0 Å². The summed E-state index contributed by atoms with van der Waals surface area (Å²) >= 11 is 0. The molecule has 0 bridgehead atoms. The minimum absolute atomic E-state index is 0.127. The van der Waals surface area contributed by atoms with Gasteiger partial charge in [0.1, 0.15) is 0 Å². The van der Waals surface area contributed by atoms with Crippen molar-refractivity contribution in [2.75, 3.05) is 6.61 Å². The van der Waals surface area contributed by atoms with E-state index in [0.29, 0.717) is 6.42 Å². The van der Waals surface area contributed by atoms with Gasteiger partial charge in [-0.25, -0.2) is 9.18 Å². The van der Waals surface area contributed by atoms with Crippen molar-refractivity contribution in [1.29, 1.82) is 0 Å². The Kier molecular flexibility index (Phi) is 6.36. The molecule has 110 valence electrons. The molecular formula is C16H21FO3. The van der Waals surface area contributed by atoms with E-state index in [0.717, 1.165) is 24.0 Å². The molecule has 1 rings (SSSR count). The molecule has 0 amide bonds. The second-order valence-electron chi connectivity index (χ2n) is 4.58. The molecule has 1 atom stereocenters. The van der Waals surface area contributed by atoms with E-state index >= 15 is 0 Å². The van der Waals surface area contributed by atoms with Crippen molar-refractivity contribution in [2.24, 2.45) is 0 Å². The summed E-state index contributed by atoms with van der Waals surface area (Å²) in [4.78, 5) is 23.3. The van der Waals surface area contributed by atoms with Gasteiger partial charge < -0.3 is 4.74 Å². The summed E-state index contributed by atoms with van der Waals surface area (Å²) in [6, 6.07) is 5.05. The van der Waals surface area contributed by atoms with Crippen LogP contribution in [0.3, 0.4) is 0 Å². The number of esters is 1. The highest BCUT2D eigenvalue weighted by atomic mass is 19.1. The number of ketones is 1. The van der Waals surface area contributed by atoms with E-state index in [-0.39, 0.29) is 12.2 Å². The Morgan fingerprint density at radius 2 is 1.80 bits per heavy atom. The number of ether oxygens (including phenoxy) is 1. The van der Waals surface area contributed by atoms with Crippen LogP contribution < -0.4 is 0 Å². The van der Waals surface area contributed by atoms with E-state index in [9.17, 15) is 14.0 Å². The number of benzene rings is 1. The van der Waals surface area contributed by atoms with Crippen molar-refractivity contribution < 1.29 is 18.7 Å². The predicted octanol–water partition coefficient (Wildman–Crippen LogP) is 3.29. The zero-order chi connectivity index (χ0) is 15.1. The van der Waals surface area contributed by atoms with Crippen molar-refractivity contribution in [3.8, 4) is 0 Å². The lowest BCUT2D eigenvalue weighted by Gasteiger charge is -2.10. The molecule has 0 aliphatic carbocycles. The maximum Gasteiger partial charge on any atom is 0.349 e. The van der Waals surface area contributed by atoms with Crippen LogP contribution in [0.15, 0.2) is 18.2 Å². The van der Waals surface area contributed by atoms with Gasteiger partial charge in [-0.1, -0.05) is 32.9 Å². The lowest BCUT2D eigenvalue weighted by Crippen LogP contribution is -2.28. The predicted molar refractivity (Wildman–Crippen MR) is 75.7 cm³/mol. The second-order valence-corrected chi connectivity index (χ2v) is 4.58. The van der Waals surface area contributed by atoms with Crippen LogP contribution in [0.1, 0.15) is 48.7 Å². The topological polar surface area (TPSA) is 43.4 Å². The van der Waals surface area contributed by atoms with Gasteiger partial charge in [0.2, 0.25) is 5.78 Å². The molecule has 3 nitrogen and oxygen atoms in total. The molecule has 0 aromatic heterocycles. The van der Waals surface area contributed by atoms with Gasteiger partial charge in [0.05, 0.1) is 6.61 Å². The summed E-state index contributed by atoms with van der Waals surface area (Å²) in [5.41, 5.74) is 2.36. The lowest BCUT2D eigenvalue weighted by molar-refractivity contribution is -0.147. The first kappa shape index (κ1) is 16.3. The molecule has 0 spiro atoms. The Bertz CT molecular complexity index is 483. The van der Waals surface area contributed by atoms with Gasteiger partial charge in [-0.2, -0.15) is 0 Å². The molecule has 0 aliphatic rings.